The summed E-state index contributed by atoms with van der Waals surface area (Å²) in [6, 6.07) is 24.2. The molecule has 0 aromatic heterocycles. The second-order valence-electron chi connectivity index (χ2n) is 9.87. The van der Waals surface area contributed by atoms with Crippen molar-refractivity contribution >= 4 is 28.3 Å². The average molecular weight is 490 g/mol. The first kappa shape index (κ1) is 24.9. The number of carbonyl (C=O) groups excluding carboxylic acids is 1. The van der Waals surface area contributed by atoms with Gasteiger partial charge in [-0.3, -0.25) is 4.79 Å². The Hall–Kier alpha value is -3.21. The molecule has 3 nitrogen and oxygen atoms in total. The lowest BCUT2D eigenvalue weighted by molar-refractivity contribution is 0.0834. The summed E-state index contributed by atoms with van der Waals surface area (Å²) < 4.78 is 14.3. The van der Waals surface area contributed by atoms with Crippen LogP contribution in [0.15, 0.2) is 84.9 Å². The molecule has 0 aliphatic carbocycles. The molecular weight excluding hydrogens is 461 g/mol. The number of nitrogens with one attached hydrogen (secondary N) is 1. The predicted molar refractivity (Wildman–Crippen MR) is 140 cm³/mol. The van der Waals surface area contributed by atoms with Gasteiger partial charge in [0.15, 0.2) is 0 Å². The van der Waals surface area contributed by atoms with Gasteiger partial charge in [0.1, 0.15) is 5.82 Å². The molecule has 0 aliphatic rings. The van der Waals surface area contributed by atoms with Crippen molar-refractivity contribution in [2.24, 2.45) is 0 Å². The smallest absolute Gasteiger partial charge is 0.252 e. The highest BCUT2D eigenvalue weighted by Crippen LogP contribution is 2.27. The van der Waals surface area contributed by atoms with Gasteiger partial charge >= 0.3 is 0 Å². The predicted octanol–water partition coefficient (Wildman–Crippen LogP) is 7.00. The van der Waals surface area contributed by atoms with Crippen LogP contribution in [-0.2, 0) is 11.8 Å². The molecule has 4 aromatic rings. The van der Waals surface area contributed by atoms with Crippen molar-refractivity contribution in [2.75, 3.05) is 0 Å². The minimum Gasteiger partial charge on any atom is -0.386 e. The van der Waals surface area contributed by atoms with Gasteiger partial charge in [0.2, 0.25) is 0 Å². The van der Waals surface area contributed by atoms with Crippen LogP contribution < -0.4 is 5.32 Å². The number of hydrogen-bond acceptors (Lipinski definition) is 2. The molecule has 4 rings (SSSR count). The fourth-order valence-corrected chi connectivity index (χ4v) is 4.47. The van der Waals surface area contributed by atoms with E-state index in [4.69, 9.17) is 11.6 Å². The lowest BCUT2D eigenvalue weighted by Gasteiger charge is -2.26. The van der Waals surface area contributed by atoms with Gasteiger partial charge in [0, 0.05) is 16.0 Å². The van der Waals surface area contributed by atoms with E-state index in [0.29, 0.717) is 33.3 Å². The molecule has 0 aliphatic heterocycles. The number of rotatable bonds is 6. The van der Waals surface area contributed by atoms with Gasteiger partial charge in [-0.1, -0.05) is 93.0 Å². The molecule has 2 unspecified atom stereocenters. The molecule has 35 heavy (non-hydrogen) atoms. The van der Waals surface area contributed by atoms with Crippen molar-refractivity contribution in [3.63, 3.8) is 0 Å². The molecule has 2 atom stereocenters. The van der Waals surface area contributed by atoms with Crippen molar-refractivity contribution in [3.05, 3.63) is 118 Å². The van der Waals surface area contributed by atoms with E-state index in [1.54, 1.807) is 54.6 Å². The second-order valence-corrected chi connectivity index (χ2v) is 10.3. The second kappa shape index (κ2) is 10.2. The van der Waals surface area contributed by atoms with Gasteiger partial charge in [-0.05, 0) is 58.2 Å². The lowest BCUT2D eigenvalue weighted by atomic mass is 9.86. The van der Waals surface area contributed by atoms with Crippen LogP contribution in [-0.4, -0.2) is 17.1 Å². The third-order valence-corrected chi connectivity index (χ3v) is 6.51. The summed E-state index contributed by atoms with van der Waals surface area (Å²) in [5, 5.41) is 15.7. The minimum atomic E-state index is -0.994. The molecule has 0 heterocycles. The number of carbonyl (C=O) groups is 1. The summed E-state index contributed by atoms with van der Waals surface area (Å²) in [6.07, 6.45) is -0.588. The fourth-order valence-electron chi connectivity index (χ4n) is 4.27. The Morgan fingerprint density at radius 1 is 0.943 bits per heavy atom. The van der Waals surface area contributed by atoms with Crippen LogP contribution >= 0.6 is 11.6 Å². The molecule has 4 aromatic carbocycles. The molecule has 0 saturated carbocycles. The van der Waals surface area contributed by atoms with Gasteiger partial charge in [-0.15, -0.1) is 0 Å². The van der Waals surface area contributed by atoms with Crippen molar-refractivity contribution in [1.29, 1.82) is 0 Å². The Morgan fingerprint density at radius 3 is 2.29 bits per heavy atom. The molecule has 0 spiro atoms. The van der Waals surface area contributed by atoms with Gasteiger partial charge in [-0.2, -0.15) is 0 Å². The zero-order chi connectivity index (χ0) is 25.2. The molecule has 1 amide bonds. The molecule has 2 N–H and O–H groups in total. The third kappa shape index (κ3) is 5.72. The maximum atomic E-state index is 14.3. The zero-order valence-electron chi connectivity index (χ0n) is 20.1. The number of amides is 1. The number of fused-ring (bicyclic) bond motifs is 1. The summed E-state index contributed by atoms with van der Waals surface area (Å²) >= 11 is 6.16. The van der Waals surface area contributed by atoms with Crippen LogP contribution in [0.25, 0.3) is 10.8 Å². The standard InChI is InChI=1S/C30H29ClFNO2/c1-30(2,3)21-15-13-19(14-16-21)17-27(28(34)20-7-4-8-22(31)18-20)33-29(35)25-11-5-10-24-23(25)9-6-12-26(24)32/h4-16,18,27-28,34H,17H2,1-3H3,(H,33,35). The molecule has 0 radical (unpaired) electrons. The summed E-state index contributed by atoms with van der Waals surface area (Å²) in [4.78, 5) is 13.4. The fraction of sp³-hybridized carbons (Fsp3) is 0.233. The first-order chi connectivity index (χ1) is 16.6. The normalized spacial score (nSPS) is 13.4. The Bertz CT molecular complexity index is 1340. The van der Waals surface area contributed by atoms with E-state index < -0.39 is 12.1 Å². The molecule has 5 heteroatoms. The quantitative estimate of drug-likeness (QED) is 0.306. The Labute approximate surface area is 210 Å². The van der Waals surface area contributed by atoms with Crippen molar-refractivity contribution in [2.45, 2.75) is 44.8 Å². The highest BCUT2D eigenvalue weighted by atomic mass is 35.5. The van der Waals surface area contributed by atoms with Crippen LogP contribution in [0.3, 0.4) is 0 Å². The largest absolute Gasteiger partial charge is 0.386 e. The third-order valence-electron chi connectivity index (χ3n) is 6.28. The van der Waals surface area contributed by atoms with Crippen LogP contribution in [0, 0.1) is 5.82 Å². The van der Waals surface area contributed by atoms with E-state index in [0.717, 1.165) is 5.56 Å². The van der Waals surface area contributed by atoms with Gasteiger partial charge in [-0.25, -0.2) is 4.39 Å². The number of aliphatic hydroxyl groups is 1. The highest BCUT2D eigenvalue weighted by molar-refractivity contribution is 6.30. The Kier molecular flexibility index (Phi) is 7.25. The first-order valence-corrected chi connectivity index (χ1v) is 12.0. The molecule has 0 saturated heterocycles. The number of aliphatic hydroxyl groups excluding tert-OH is 1. The summed E-state index contributed by atoms with van der Waals surface area (Å²) in [6.45, 7) is 6.46. The summed E-state index contributed by atoms with van der Waals surface area (Å²) in [5.41, 5.74) is 3.17. The van der Waals surface area contributed by atoms with Crippen LogP contribution in [0.5, 0.6) is 0 Å². The maximum Gasteiger partial charge on any atom is 0.252 e. The Balaban J connectivity index is 1.66. The zero-order valence-corrected chi connectivity index (χ0v) is 20.8. The highest BCUT2D eigenvalue weighted by Gasteiger charge is 2.25. The number of halogens is 2. The summed E-state index contributed by atoms with van der Waals surface area (Å²) in [5.74, 6) is -0.759. The number of benzene rings is 4. The van der Waals surface area contributed by atoms with E-state index >= 15 is 0 Å². The maximum absolute atomic E-state index is 14.3. The average Bonchev–Trinajstić information content (AvgIpc) is 2.83. The van der Waals surface area contributed by atoms with Gasteiger partial charge < -0.3 is 10.4 Å². The van der Waals surface area contributed by atoms with E-state index in [1.165, 1.54) is 11.6 Å². The van der Waals surface area contributed by atoms with Crippen molar-refractivity contribution in [3.8, 4) is 0 Å². The molecule has 0 fully saturated rings. The lowest BCUT2D eigenvalue weighted by Crippen LogP contribution is -2.41. The number of hydrogen-bond donors (Lipinski definition) is 2. The SMILES string of the molecule is CC(C)(C)c1ccc(CC(NC(=O)c2cccc3c(F)cccc23)C(O)c2cccc(Cl)c2)cc1. The minimum absolute atomic E-state index is 0.0239. The van der Waals surface area contributed by atoms with Crippen LogP contribution in [0.2, 0.25) is 5.02 Å². The molecule has 0 bridgehead atoms. The monoisotopic (exact) mass is 489 g/mol. The van der Waals surface area contributed by atoms with Crippen LogP contribution in [0.1, 0.15) is 53.9 Å². The molecular formula is C30H29ClFNO2. The topological polar surface area (TPSA) is 49.3 Å². The van der Waals surface area contributed by atoms with E-state index in [-0.39, 0.29) is 17.1 Å². The Morgan fingerprint density at radius 2 is 1.60 bits per heavy atom. The van der Waals surface area contributed by atoms with E-state index in [2.05, 4.69) is 38.2 Å². The first-order valence-electron chi connectivity index (χ1n) is 11.6. The van der Waals surface area contributed by atoms with Gasteiger partial charge in [0.05, 0.1) is 12.1 Å². The van der Waals surface area contributed by atoms with Crippen molar-refractivity contribution in [1.82, 2.24) is 5.32 Å². The van der Waals surface area contributed by atoms with E-state index in [9.17, 15) is 14.3 Å². The van der Waals surface area contributed by atoms with Crippen molar-refractivity contribution < 1.29 is 14.3 Å². The van der Waals surface area contributed by atoms with Gasteiger partial charge in [0.25, 0.3) is 5.91 Å². The van der Waals surface area contributed by atoms with Crippen LogP contribution in [0.4, 0.5) is 4.39 Å². The van der Waals surface area contributed by atoms with E-state index in [1.807, 2.05) is 12.1 Å². The summed E-state index contributed by atoms with van der Waals surface area (Å²) in [7, 11) is 0. The molecule has 180 valence electrons.